The summed E-state index contributed by atoms with van der Waals surface area (Å²) in [6, 6.07) is 15.3. The number of anilines is 2. The Bertz CT molecular complexity index is 1250. The molecule has 0 atom stereocenters. The predicted molar refractivity (Wildman–Crippen MR) is 113 cm³/mol. The molecule has 0 unspecified atom stereocenters. The number of aryl methyl sites for hydroxylation is 1. The maximum atomic E-state index is 11.6. The average Bonchev–Trinajstić information content (AvgIpc) is 2.78. The second-order valence-corrected chi connectivity index (χ2v) is 6.66. The van der Waals surface area contributed by atoms with Gasteiger partial charge >= 0.3 is 5.91 Å². The van der Waals surface area contributed by atoms with Gasteiger partial charge in [-0.3, -0.25) is 10.0 Å². The summed E-state index contributed by atoms with van der Waals surface area (Å²) in [5.74, 6) is 6.13. The van der Waals surface area contributed by atoms with Crippen LogP contribution in [0.2, 0.25) is 0 Å². The van der Waals surface area contributed by atoms with E-state index >= 15 is 0 Å². The van der Waals surface area contributed by atoms with Crippen molar-refractivity contribution < 1.29 is 14.7 Å². The maximum Gasteiger partial charge on any atom is 0.329 e. The molecule has 2 heterocycles. The molecule has 0 aliphatic heterocycles. The zero-order valence-corrected chi connectivity index (χ0v) is 16.8. The standard InChI is InChI=1S/C21H19N7O3/c1-13-25-18-9-4-3-8-17(18)20(26-13)27(2)14-6-5-7-15(10-14)31-16-11-23-19(24-12-16)21(29)28(22)30/h3-12,30H,22H2,1-2H3. The van der Waals surface area contributed by atoms with Gasteiger partial charge in [0.15, 0.2) is 5.75 Å². The number of ether oxygens (including phenoxy) is 1. The number of nitrogens with two attached hydrogens (primary N) is 1. The number of hydrazine groups is 1. The molecule has 0 spiro atoms. The van der Waals surface area contributed by atoms with Crippen LogP contribution in [0.25, 0.3) is 10.9 Å². The summed E-state index contributed by atoms with van der Waals surface area (Å²) in [5, 5.41) is 9.84. The van der Waals surface area contributed by atoms with Crippen molar-refractivity contribution in [2.24, 2.45) is 5.84 Å². The summed E-state index contributed by atoms with van der Waals surface area (Å²) in [6.45, 7) is 1.86. The highest BCUT2D eigenvalue weighted by Gasteiger charge is 2.15. The fourth-order valence-corrected chi connectivity index (χ4v) is 3.02. The van der Waals surface area contributed by atoms with Crippen molar-refractivity contribution in [1.29, 1.82) is 0 Å². The zero-order valence-electron chi connectivity index (χ0n) is 16.8. The molecule has 0 aliphatic rings. The van der Waals surface area contributed by atoms with Gasteiger partial charge < -0.3 is 9.64 Å². The Labute approximate surface area is 177 Å². The van der Waals surface area contributed by atoms with Gasteiger partial charge in [0, 0.05) is 24.2 Å². The highest BCUT2D eigenvalue weighted by atomic mass is 16.5. The number of amides is 1. The van der Waals surface area contributed by atoms with Gasteiger partial charge in [-0.05, 0) is 31.2 Å². The minimum absolute atomic E-state index is 0.0757. The Morgan fingerprint density at radius 2 is 1.77 bits per heavy atom. The van der Waals surface area contributed by atoms with Gasteiger partial charge in [-0.2, -0.15) is 0 Å². The number of nitrogens with zero attached hydrogens (tertiary/aromatic N) is 6. The topological polar surface area (TPSA) is 131 Å². The summed E-state index contributed by atoms with van der Waals surface area (Å²) in [6.07, 6.45) is 2.64. The first-order valence-corrected chi connectivity index (χ1v) is 9.27. The van der Waals surface area contributed by atoms with Gasteiger partial charge in [0.05, 0.1) is 17.9 Å². The molecule has 0 bridgehead atoms. The monoisotopic (exact) mass is 417 g/mol. The zero-order chi connectivity index (χ0) is 22.0. The lowest BCUT2D eigenvalue weighted by atomic mass is 10.2. The fraction of sp³-hybridized carbons (Fsp3) is 0.0952. The summed E-state index contributed by atoms with van der Waals surface area (Å²) < 4.78 is 5.81. The Hall–Kier alpha value is -4.15. The van der Waals surface area contributed by atoms with Crippen LogP contribution >= 0.6 is 0 Å². The lowest BCUT2D eigenvalue weighted by molar-refractivity contribution is -0.0604. The first-order valence-electron chi connectivity index (χ1n) is 9.27. The van der Waals surface area contributed by atoms with Crippen molar-refractivity contribution >= 4 is 28.3 Å². The van der Waals surface area contributed by atoms with Gasteiger partial charge in [0.2, 0.25) is 5.82 Å². The highest BCUT2D eigenvalue weighted by molar-refractivity contribution is 5.91. The fourth-order valence-electron chi connectivity index (χ4n) is 3.02. The van der Waals surface area contributed by atoms with E-state index in [1.54, 1.807) is 6.07 Å². The van der Waals surface area contributed by atoms with Gasteiger partial charge in [-0.25, -0.2) is 25.8 Å². The third-order valence-electron chi connectivity index (χ3n) is 4.48. The van der Waals surface area contributed by atoms with Crippen molar-refractivity contribution in [2.45, 2.75) is 6.92 Å². The molecule has 0 saturated heterocycles. The van der Waals surface area contributed by atoms with E-state index < -0.39 is 5.91 Å². The van der Waals surface area contributed by atoms with Crippen LogP contribution in [0.3, 0.4) is 0 Å². The van der Waals surface area contributed by atoms with Crippen LogP contribution < -0.4 is 15.5 Å². The predicted octanol–water partition coefficient (Wildman–Crippen LogP) is 2.99. The number of hydrogen-bond donors (Lipinski definition) is 2. The Kier molecular flexibility index (Phi) is 5.39. The summed E-state index contributed by atoms with van der Waals surface area (Å²) >= 11 is 0. The van der Waals surface area contributed by atoms with Crippen molar-refractivity contribution in [3.05, 3.63) is 72.6 Å². The molecule has 4 aromatic rings. The molecule has 156 valence electrons. The van der Waals surface area contributed by atoms with Gasteiger partial charge in [-0.15, -0.1) is 5.17 Å². The lowest BCUT2D eigenvalue weighted by Gasteiger charge is -2.21. The number of hydrogen-bond acceptors (Lipinski definition) is 9. The molecule has 2 aromatic carbocycles. The third kappa shape index (κ3) is 4.25. The van der Waals surface area contributed by atoms with E-state index in [1.165, 1.54) is 12.4 Å². The van der Waals surface area contributed by atoms with E-state index in [0.29, 0.717) is 17.3 Å². The molecule has 10 nitrogen and oxygen atoms in total. The Balaban J connectivity index is 1.60. The van der Waals surface area contributed by atoms with Crippen LogP contribution in [0.1, 0.15) is 16.4 Å². The van der Waals surface area contributed by atoms with Crippen LogP contribution in [0.4, 0.5) is 11.5 Å². The van der Waals surface area contributed by atoms with E-state index in [0.717, 1.165) is 22.4 Å². The smallest absolute Gasteiger partial charge is 0.329 e. The Morgan fingerprint density at radius 3 is 2.52 bits per heavy atom. The number of hydroxylamine groups is 1. The van der Waals surface area contributed by atoms with E-state index in [-0.39, 0.29) is 11.0 Å². The minimum Gasteiger partial charge on any atom is -0.454 e. The molecule has 31 heavy (non-hydrogen) atoms. The average molecular weight is 417 g/mol. The molecule has 2 aromatic heterocycles. The largest absolute Gasteiger partial charge is 0.454 e. The Morgan fingerprint density at radius 1 is 1.03 bits per heavy atom. The van der Waals surface area contributed by atoms with Crippen molar-refractivity contribution in [3.63, 3.8) is 0 Å². The quantitative estimate of drug-likeness (QED) is 0.218. The molecule has 0 fully saturated rings. The number of fused-ring (bicyclic) bond motifs is 1. The number of carbonyl (C=O) groups is 1. The number of aromatic nitrogens is 4. The van der Waals surface area contributed by atoms with Crippen LogP contribution in [-0.2, 0) is 0 Å². The SMILES string of the molecule is Cc1nc(N(C)c2cccc(Oc3cnc(C(=O)N(N)O)nc3)c2)c2ccccc2n1. The molecular formula is C21H19N7O3. The summed E-state index contributed by atoms with van der Waals surface area (Å²) in [5.41, 5.74) is 1.72. The normalized spacial score (nSPS) is 10.7. The molecule has 1 amide bonds. The molecule has 0 radical (unpaired) electrons. The molecule has 3 N–H and O–H groups in total. The second kappa shape index (κ2) is 8.30. The number of para-hydroxylation sites is 1. The van der Waals surface area contributed by atoms with Crippen LogP contribution in [-0.4, -0.2) is 43.3 Å². The summed E-state index contributed by atoms with van der Waals surface area (Å²) in [7, 11) is 1.92. The first kappa shape index (κ1) is 20.1. The van der Waals surface area contributed by atoms with E-state index in [9.17, 15) is 4.79 Å². The van der Waals surface area contributed by atoms with Gasteiger partial charge in [-0.1, -0.05) is 18.2 Å². The van der Waals surface area contributed by atoms with Crippen LogP contribution in [0, 0.1) is 6.92 Å². The second-order valence-electron chi connectivity index (χ2n) is 6.66. The number of rotatable bonds is 5. The van der Waals surface area contributed by atoms with Crippen molar-refractivity contribution in [2.75, 3.05) is 11.9 Å². The third-order valence-corrected chi connectivity index (χ3v) is 4.48. The lowest BCUT2D eigenvalue weighted by Crippen LogP contribution is -2.34. The summed E-state index contributed by atoms with van der Waals surface area (Å²) in [4.78, 5) is 30.3. The maximum absolute atomic E-state index is 11.6. The van der Waals surface area contributed by atoms with Crippen LogP contribution in [0.15, 0.2) is 60.9 Å². The molecule has 4 rings (SSSR count). The van der Waals surface area contributed by atoms with Gasteiger partial charge in [0.1, 0.15) is 17.4 Å². The molecule has 0 saturated carbocycles. The highest BCUT2D eigenvalue weighted by Crippen LogP contribution is 2.31. The van der Waals surface area contributed by atoms with Crippen molar-refractivity contribution in [1.82, 2.24) is 25.1 Å². The molecular weight excluding hydrogens is 398 g/mol. The minimum atomic E-state index is -0.928. The molecule has 0 aliphatic carbocycles. The first-order chi connectivity index (χ1) is 14.9. The molecule has 10 heteroatoms. The van der Waals surface area contributed by atoms with E-state index in [1.807, 2.05) is 61.3 Å². The number of carbonyl (C=O) groups excluding carboxylic acids is 1. The van der Waals surface area contributed by atoms with Crippen molar-refractivity contribution in [3.8, 4) is 11.5 Å². The van der Waals surface area contributed by atoms with Crippen LogP contribution in [0.5, 0.6) is 11.5 Å². The van der Waals surface area contributed by atoms with E-state index in [4.69, 9.17) is 15.8 Å². The number of benzene rings is 2. The van der Waals surface area contributed by atoms with Gasteiger partial charge in [0.25, 0.3) is 0 Å². The van der Waals surface area contributed by atoms with E-state index in [2.05, 4.69) is 19.9 Å².